The minimum atomic E-state index is -0.420. The molecule has 0 saturated carbocycles. The number of carbonyl (C=O) groups is 2. The van der Waals surface area contributed by atoms with Crippen molar-refractivity contribution in [1.29, 1.82) is 0 Å². The van der Waals surface area contributed by atoms with Crippen molar-refractivity contribution in [2.24, 2.45) is 0 Å². The van der Waals surface area contributed by atoms with E-state index in [-0.39, 0.29) is 10.2 Å². The molecule has 80 valence electrons. The van der Waals surface area contributed by atoms with Crippen LogP contribution in [0.2, 0.25) is 0 Å². The van der Waals surface area contributed by atoms with Crippen molar-refractivity contribution in [2.75, 3.05) is 6.61 Å². The summed E-state index contributed by atoms with van der Waals surface area (Å²) in [5.41, 5.74) is 0. The van der Waals surface area contributed by atoms with E-state index in [1.807, 2.05) is 5.80 Å². The van der Waals surface area contributed by atoms with Crippen LogP contribution in [0.5, 0.6) is 0 Å². The van der Waals surface area contributed by atoms with Crippen molar-refractivity contribution in [1.82, 2.24) is 0 Å². The molecular weight excluding hydrogens is 314 g/mol. The number of hydrogen-bond acceptors (Lipinski definition) is 3. The fourth-order valence-corrected chi connectivity index (χ4v) is 1.39. The van der Waals surface area contributed by atoms with Crippen LogP contribution in [0, 0.1) is 0 Å². The Morgan fingerprint density at radius 1 is 1.29 bits per heavy atom. The highest BCUT2D eigenvalue weighted by Crippen LogP contribution is 2.01. The van der Waals surface area contributed by atoms with Gasteiger partial charge in [0, 0.05) is 22.6 Å². The Morgan fingerprint density at radius 3 is 2.57 bits per heavy atom. The first-order chi connectivity index (χ1) is 6.66. The summed E-state index contributed by atoms with van der Waals surface area (Å²) in [6, 6.07) is 0. The summed E-state index contributed by atoms with van der Waals surface area (Å²) in [5, 5.41) is 0. The molecule has 14 heavy (non-hydrogen) atoms. The van der Waals surface area contributed by atoms with Gasteiger partial charge >= 0.3 is 5.97 Å². The molecule has 0 fully saturated rings. The lowest BCUT2D eigenvalue weighted by molar-refractivity contribution is -0.144. The second-order valence-corrected chi connectivity index (χ2v) is 4.42. The fraction of sp³-hybridized carbons (Fsp3) is 0.667. The van der Waals surface area contributed by atoms with Gasteiger partial charge < -0.3 is 4.74 Å². The monoisotopic (exact) mass is 328 g/mol. The minimum absolute atomic E-state index is 0.116. The van der Waals surface area contributed by atoms with Gasteiger partial charge in [0.25, 0.3) is 0 Å². The Hall–Kier alpha value is 0.0400. The summed E-state index contributed by atoms with van der Waals surface area (Å²) < 4.78 is 4.67. The molecule has 0 N–H and O–H groups in total. The maximum Gasteiger partial charge on any atom is 0.314 e. The van der Waals surface area contributed by atoms with Gasteiger partial charge in [0.15, 0.2) is 0 Å². The van der Waals surface area contributed by atoms with Crippen LogP contribution in [0.15, 0.2) is 0 Å². The molecule has 0 aromatic heterocycles. The van der Waals surface area contributed by atoms with Gasteiger partial charge in [0.05, 0.1) is 6.61 Å². The van der Waals surface area contributed by atoms with Gasteiger partial charge in [-0.05, 0) is 25.7 Å². The van der Waals surface area contributed by atoms with Crippen molar-refractivity contribution in [2.45, 2.75) is 32.1 Å². The Labute approximate surface area is 99.9 Å². The molecule has 0 rings (SSSR count). The average Bonchev–Trinajstić information content (AvgIpc) is 2.10. The highest BCUT2D eigenvalue weighted by molar-refractivity contribution is 14.1. The molecular formula is C9H14IO3P. The van der Waals surface area contributed by atoms with Crippen LogP contribution in [0.3, 0.4) is 0 Å². The normalized spacial score (nSPS) is 9.50. The van der Waals surface area contributed by atoms with E-state index in [2.05, 4.69) is 8.86 Å². The number of halogens is 1. The van der Waals surface area contributed by atoms with E-state index in [0.717, 1.165) is 25.7 Å². The van der Waals surface area contributed by atoms with Crippen LogP contribution in [0.4, 0.5) is 0 Å². The van der Waals surface area contributed by atoms with Crippen molar-refractivity contribution >= 4 is 47.0 Å². The molecule has 3 nitrogen and oxygen atoms in total. The first-order valence-electron chi connectivity index (χ1n) is 4.49. The topological polar surface area (TPSA) is 43.4 Å². The molecule has 0 radical (unpaired) electrons. The first kappa shape index (κ1) is 14.0. The second-order valence-electron chi connectivity index (χ2n) is 2.81. The molecule has 0 heterocycles. The lowest BCUT2D eigenvalue weighted by Crippen LogP contribution is -2.08. The van der Waals surface area contributed by atoms with Crippen LogP contribution >= 0.6 is 31.5 Å². The zero-order valence-electron chi connectivity index (χ0n) is 7.92. The van der Waals surface area contributed by atoms with Crippen LogP contribution in [-0.2, 0) is 14.3 Å². The third-order valence-electron chi connectivity index (χ3n) is 1.54. The van der Waals surface area contributed by atoms with Crippen molar-refractivity contribution in [3.8, 4) is 0 Å². The van der Waals surface area contributed by atoms with Crippen molar-refractivity contribution < 1.29 is 14.3 Å². The fourth-order valence-electron chi connectivity index (χ4n) is 0.876. The Bertz CT molecular complexity index is 206. The molecule has 0 unspecified atom stereocenters. The van der Waals surface area contributed by atoms with Crippen LogP contribution < -0.4 is 0 Å². The lowest BCUT2D eigenvalue weighted by Gasteiger charge is -2.02. The van der Waals surface area contributed by atoms with Crippen LogP contribution in [0.25, 0.3) is 0 Å². The third-order valence-corrected chi connectivity index (χ3v) is 2.21. The van der Waals surface area contributed by atoms with Gasteiger partial charge in [-0.15, -0.1) is 8.86 Å². The number of esters is 1. The Kier molecular flexibility index (Phi) is 9.62. The predicted molar refractivity (Wildman–Crippen MR) is 67.5 cm³/mol. The number of rotatable bonds is 8. The Balaban J connectivity index is 3.23. The summed E-state index contributed by atoms with van der Waals surface area (Å²) in [5.74, 6) is 1.51. The maximum atomic E-state index is 10.9. The number of unbranched alkanes of at least 4 members (excludes halogenated alkanes) is 3. The molecule has 0 aliphatic rings. The molecule has 0 bridgehead atoms. The van der Waals surface area contributed by atoms with Gasteiger partial charge in [-0.2, -0.15) is 0 Å². The summed E-state index contributed by atoms with van der Waals surface area (Å²) in [7, 11) is 3.26. The third kappa shape index (κ3) is 10.1. The molecule has 0 aliphatic carbocycles. The maximum absolute atomic E-state index is 10.9. The zero-order chi connectivity index (χ0) is 10.8. The quantitative estimate of drug-likeness (QED) is 0.172. The van der Waals surface area contributed by atoms with E-state index in [4.69, 9.17) is 4.74 Å². The molecule has 0 aliphatic heterocycles. The molecule has 0 saturated heterocycles. The smallest absolute Gasteiger partial charge is 0.314 e. The highest BCUT2D eigenvalue weighted by Gasteiger charge is 2.06. The van der Waals surface area contributed by atoms with E-state index >= 15 is 0 Å². The zero-order valence-corrected chi connectivity index (χ0v) is 11.1. The van der Waals surface area contributed by atoms with E-state index in [9.17, 15) is 9.59 Å². The summed E-state index contributed by atoms with van der Waals surface area (Å²) >= 11 is 1.59. The minimum Gasteiger partial charge on any atom is -0.465 e. The molecule has 5 heteroatoms. The second kappa shape index (κ2) is 9.59. The molecule has 0 spiro atoms. The van der Waals surface area contributed by atoms with Gasteiger partial charge in [0.1, 0.15) is 6.42 Å². The standard InChI is InChI=1S/C9H14IO3P/c10-8(11)7-9(12)13-5-3-1-2-4-6-14/h6,14H,1-5,7H2. The van der Waals surface area contributed by atoms with Crippen molar-refractivity contribution in [3.63, 3.8) is 0 Å². The largest absolute Gasteiger partial charge is 0.465 e. The SMILES string of the molecule is O=C(I)CC(=O)OCCCCCC=P. The molecule has 0 aromatic carbocycles. The molecule has 0 atom stereocenters. The number of carbonyl (C=O) groups excluding carboxylic acids is 2. The highest BCUT2D eigenvalue weighted by atomic mass is 127. The average molecular weight is 328 g/mol. The summed E-state index contributed by atoms with van der Waals surface area (Å²) in [4.78, 5) is 21.4. The predicted octanol–water partition coefficient (Wildman–Crippen LogP) is 2.39. The van der Waals surface area contributed by atoms with E-state index in [0.29, 0.717) is 6.61 Å². The number of hydrogen-bond donors (Lipinski definition) is 0. The molecule has 0 amide bonds. The van der Waals surface area contributed by atoms with Gasteiger partial charge in [-0.3, -0.25) is 9.59 Å². The van der Waals surface area contributed by atoms with E-state index in [1.165, 1.54) is 0 Å². The summed E-state index contributed by atoms with van der Waals surface area (Å²) in [6.07, 6.45) is 3.90. The number of ether oxygens (including phenoxy) is 1. The van der Waals surface area contributed by atoms with E-state index in [1.54, 1.807) is 22.6 Å². The summed E-state index contributed by atoms with van der Waals surface area (Å²) in [6.45, 7) is 0.421. The van der Waals surface area contributed by atoms with Crippen LogP contribution in [-0.4, -0.2) is 22.2 Å². The lowest BCUT2D eigenvalue weighted by atomic mass is 10.2. The van der Waals surface area contributed by atoms with Crippen LogP contribution in [0.1, 0.15) is 32.1 Å². The van der Waals surface area contributed by atoms with Gasteiger partial charge in [-0.25, -0.2) is 0 Å². The first-order valence-corrected chi connectivity index (χ1v) is 6.15. The molecule has 0 aromatic rings. The van der Waals surface area contributed by atoms with Gasteiger partial charge in [-0.1, -0.05) is 5.80 Å². The Morgan fingerprint density at radius 2 is 2.00 bits per heavy atom. The van der Waals surface area contributed by atoms with Gasteiger partial charge in [0.2, 0.25) is 3.79 Å². The van der Waals surface area contributed by atoms with Crippen molar-refractivity contribution in [3.05, 3.63) is 0 Å². The van der Waals surface area contributed by atoms with E-state index < -0.39 is 5.97 Å².